The molecule has 2 fully saturated rings. The molecule has 0 aliphatic heterocycles. The van der Waals surface area contributed by atoms with Crippen molar-refractivity contribution in [2.45, 2.75) is 83.1 Å². The summed E-state index contributed by atoms with van der Waals surface area (Å²) in [5, 5.41) is 4.96. The summed E-state index contributed by atoms with van der Waals surface area (Å²) in [7, 11) is 0. The third-order valence-corrected chi connectivity index (χ3v) is 5.93. The van der Waals surface area contributed by atoms with Crippen molar-refractivity contribution in [2.24, 2.45) is 0 Å². The molecule has 1 N–H and O–H groups in total. The largest absolute Gasteiger partial charge is 0.312 e. The predicted octanol–water partition coefficient (Wildman–Crippen LogP) is 4.96. The van der Waals surface area contributed by atoms with E-state index in [1.54, 1.807) is 0 Å². The Bertz CT molecular complexity index is 415. The maximum absolute atomic E-state index is 5.10. The molecule has 0 atom stereocenters. The first kappa shape index (κ1) is 14.5. The normalized spacial score (nSPS) is 21.6. The Morgan fingerprint density at radius 2 is 1.70 bits per heavy atom. The van der Waals surface area contributed by atoms with Crippen LogP contribution in [-0.2, 0) is 6.54 Å². The van der Waals surface area contributed by atoms with Gasteiger partial charge in [-0.05, 0) is 32.2 Å². The fraction of sp³-hybridized carbons (Fsp3) is 0.824. The van der Waals surface area contributed by atoms with Gasteiger partial charge in [0, 0.05) is 23.3 Å². The molecule has 2 aliphatic rings. The second-order valence-electron chi connectivity index (χ2n) is 6.46. The average Bonchev–Trinajstić information content (AvgIpc) is 3.17. The summed E-state index contributed by atoms with van der Waals surface area (Å²) in [6.07, 6.45) is 12.6. The molecule has 0 spiro atoms. The fourth-order valence-electron chi connectivity index (χ4n) is 3.30. The van der Waals surface area contributed by atoms with Crippen molar-refractivity contribution in [2.75, 3.05) is 6.54 Å². The van der Waals surface area contributed by atoms with E-state index in [0.29, 0.717) is 0 Å². The van der Waals surface area contributed by atoms with Gasteiger partial charge in [0.15, 0.2) is 0 Å². The number of aromatic nitrogens is 1. The van der Waals surface area contributed by atoms with Crippen LogP contribution in [0.15, 0.2) is 0 Å². The van der Waals surface area contributed by atoms with Crippen LogP contribution in [0.1, 0.15) is 92.1 Å². The summed E-state index contributed by atoms with van der Waals surface area (Å²) in [5.41, 5.74) is 1.45. The van der Waals surface area contributed by atoms with Crippen molar-refractivity contribution in [1.29, 1.82) is 0 Å². The SMILES string of the molecule is CCNCc1sc(C2CCCCCCC2)nc1C1CC1. The number of hydrogen-bond donors (Lipinski definition) is 1. The molecule has 0 aromatic carbocycles. The van der Waals surface area contributed by atoms with Crippen LogP contribution in [0.2, 0.25) is 0 Å². The van der Waals surface area contributed by atoms with Crippen LogP contribution >= 0.6 is 11.3 Å². The molecule has 0 unspecified atom stereocenters. The van der Waals surface area contributed by atoms with Gasteiger partial charge in [0.05, 0.1) is 10.7 Å². The van der Waals surface area contributed by atoms with E-state index in [4.69, 9.17) is 4.98 Å². The highest BCUT2D eigenvalue weighted by atomic mass is 32.1. The minimum Gasteiger partial charge on any atom is -0.312 e. The van der Waals surface area contributed by atoms with E-state index in [0.717, 1.165) is 24.9 Å². The summed E-state index contributed by atoms with van der Waals surface area (Å²) < 4.78 is 0. The van der Waals surface area contributed by atoms with Crippen LogP contribution < -0.4 is 5.32 Å². The molecule has 3 rings (SSSR count). The molecule has 1 heterocycles. The minimum absolute atomic E-state index is 0.758. The van der Waals surface area contributed by atoms with Crippen LogP contribution in [0.5, 0.6) is 0 Å². The Kier molecular flexibility index (Phi) is 5.11. The smallest absolute Gasteiger partial charge is 0.0962 e. The van der Waals surface area contributed by atoms with Crippen LogP contribution in [0.4, 0.5) is 0 Å². The lowest BCUT2D eigenvalue weighted by atomic mass is 9.92. The minimum atomic E-state index is 0.758. The molecule has 2 saturated carbocycles. The van der Waals surface area contributed by atoms with Crippen LogP contribution in [-0.4, -0.2) is 11.5 Å². The third-order valence-electron chi connectivity index (χ3n) is 4.70. The highest BCUT2D eigenvalue weighted by Gasteiger charge is 2.30. The second kappa shape index (κ2) is 7.04. The number of thiazole rings is 1. The lowest BCUT2D eigenvalue weighted by molar-refractivity contribution is 0.454. The summed E-state index contributed by atoms with van der Waals surface area (Å²) in [6.45, 7) is 4.28. The molecule has 1 aromatic heterocycles. The summed E-state index contributed by atoms with van der Waals surface area (Å²) in [6, 6.07) is 0. The number of hydrogen-bond acceptors (Lipinski definition) is 3. The molecule has 20 heavy (non-hydrogen) atoms. The summed E-state index contributed by atoms with van der Waals surface area (Å²) in [5.74, 6) is 1.55. The predicted molar refractivity (Wildman–Crippen MR) is 86.5 cm³/mol. The zero-order chi connectivity index (χ0) is 13.8. The van der Waals surface area contributed by atoms with Gasteiger partial charge in [-0.15, -0.1) is 11.3 Å². The van der Waals surface area contributed by atoms with Gasteiger partial charge in [0.25, 0.3) is 0 Å². The number of rotatable bonds is 5. The van der Waals surface area contributed by atoms with Gasteiger partial charge >= 0.3 is 0 Å². The quantitative estimate of drug-likeness (QED) is 0.830. The zero-order valence-electron chi connectivity index (χ0n) is 12.8. The summed E-state index contributed by atoms with van der Waals surface area (Å²) in [4.78, 5) is 6.63. The molecule has 3 heteroatoms. The van der Waals surface area contributed by atoms with E-state index in [2.05, 4.69) is 12.2 Å². The lowest BCUT2D eigenvalue weighted by Gasteiger charge is -2.17. The number of nitrogens with zero attached hydrogens (tertiary/aromatic N) is 1. The number of nitrogens with one attached hydrogen (secondary N) is 1. The lowest BCUT2D eigenvalue weighted by Crippen LogP contribution is -2.11. The first-order valence-electron chi connectivity index (χ1n) is 8.58. The van der Waals surface area contributed by atoms with Crippen molar-refractivity contribution < 1.29 is 0 Å². The monoisotopic (exact) mass is 292 g/mol. The van der Waals surface area contributed by atoms with Crippen molar-refractivity contribution in [3.05, 3.63) is 15.6 Å². The van der Waals surface area contributed by atoms with E-state index < -0.39 is 0 Å². The maximum Gasteiger partial charge on any atom is 0.0962 e. The van der Waals surface area contributed by atoms with Gasteiger partial charge in [-0.3, -0.25) is 0 Å². The average molecular weight is 292 g/mol. The van der Waals surface area contributed by atoms with Crippen molar-refractivity contribution in [3.8, 4) is 0 Å². The highest BCUT2D eigenvalue weighted by molar-refractivity contribution is 7.11. The van der Waals surface area contributed by atoms with Gasteiger partial charge in [-0.2, -0.15) is 0 Å². The Morgan fingerprint density at radius 3 is 2.35 bits per heavy atom. The Labute approximate surface area is 127 Å². The zero-order valence-corrected chi connectivity index (χ0v) is 13.6. The standard InChI is InChI=1S/C17H28N2S/c1-2-18-12-15-16(13-10-11-13)19-17(20-15)14-8-6-4-3-5-7-9-14/h13-14,18H,2-12H2,1H3. The molecule has 1 aromatic rings. The van der Waals surface area contributed by atoms with Gasteiger partial charge in [0.2, 0.25) is 0 Å². The molecular formula is C17H28N2S. The summed E-state index contributed by atoms with van der Waals surface area (Å²) >= 11 is 2.02. The first-order valence-corrected chi connectivity index (χ1v) is 9.40. The van der Waals surface area contributed by atoms with E-state index in [-0.39, 0.29) is 0 Å². The van der Waals surface area contributed by atoms with Crippen molar-refractivity contribution in [3.63, 3.8) is 0 Å². The van der Waals surface area contributed by atoms with E-state index in [1.807, 2.05) is 11.3 Å². The second-order valence-corrected chi connectivity index (χ2v) is 7.57. The maximum atomic E-state index is 5.10. The highest BCUT2D eigenvalue weighted by Crippen LogP contribution is 2.44. The molecule has 2 aliphatic carbocycles. The van der Waals surface area contributed by atoms with Gasteiger partial charge < -0.3 is 5.32 Å². The van der Waals surface area contributed by atoms with Crippen LogP contribution in [0.3, 0.4) is 0 Å². The van der Waals surface area contributed by atoms with Gasteiger partial charge in [-0.1, -0.05) is 39.0 Å². The van der Waals surface area contributed by atoms with Crippen molar-refractivity contribution >= 4 is 11.3 Å². The molecule has 112 valence electrons. The molecule has 0 saturated heterocycles. The molecule has 0 amide bonds. The Morgan fingerprint density at radius 1 is 1.00 bits per heavy atom. The van der Waals surface area contributed by atoms with E-state index >= 15 is 0 Å². The third kappa shape index (κ3) is 3.62. The molecular weight excluding hydrogens is 264 g/mol. The topological polar surface area (TPSA) is 24.9 Å². The van der Waals surface area contributed by atoms with Crippen molar-refractivity contribution in [1.82, 2.24) is 10.3 Å². The van der Waals surface area contributed by atoms with Crippen LogP contribution in [0, 0.1) is 0 Å². The first-order chi connectivity index (χ1) is 9.88. The molecule has 2 nitrogen and oxygen atoms in total. The van der Waals surface area contributed by atoms with E-state index in [1.165, 1.54) is 73.4 Å². The van der Waals surface area contributed by atoms with Gasteiger partial charge in [0.1, 0.15) is 0 Å². The fourth-order valence-corrected chi connectivity index (χ4v) is 4.59. The molecule has 0 radical (unpaired) electrons. The van der Waals surface area contributed by atoms with Gasteiger partial charge in [-0.25, -0.2) is 4.98 Å². The Balaban J connectivity index is 1.73. The van der Waals surface area contributed by atoms with E-state index in [9.17, 15) is 0 Å². The van der Waals surface area contributed by atoms with Crippen LogP contribution in [0.25, 0.3) is 0 Å². The molecule has 0 bridgehead atoms. The Hall–Kier alpha value is -0.410.